The van der Waals surface area contributed by atoms with E-state index in [9.17, 15) is 19.2 Å². The van der Waals surface area contributed by atoms with Gasteiger partial charge in [-0.2, -0.15) is 0 Å². The summed E-state index contributed by atoms with van der Waals surface area (Å²) in [6.45, 7) is 4.02. The molecule has 2 fully saturated rings. The molecule has 0 aromatic heterocycles. The van der Waals surface area contributed by atoms with Crippen LogP contribution in [-0.4, -0.2) is 72.7 Å². The van der Waals surface area contributed by atoms with E-state index >= 15 is 0 Å². The molecule has 2 N–H and O–H groups in total. The Balaban J connectivity index is 1.19. The van der Waals surface area contributed by atoms with Crippen LogP contribution in [0.15, 0.2) is 48.5 Å². The van der Waals surface area contributed by atoms with E-state index in [1.54, 1.807) is 24.3 Å². The van der Waals surface area contributed by atoms with E-state index < -0.39 is 23.9 Å². The molecule has 0 atom stereocenters. The first-order chi connectivity index (χ1) is 21.6. The maximum Gasteiger partial charge on any atom is 0.338 e. The van der Waals surface area contributed by atoms with Crippen LogP contribution >= 0.6 is 0 Å². The maximum absolute atomic E-state index is 12.7. The van der Waals surface area contributed by atoms with Gasteiger partial charge in [-0.1, -0.05) is 13.8 Å². The lowest BCUT2D eigenvalue weighted by Crippen LogP contribution is -2.39. The van der Waals surface area contributed by atoms with Crippen LogP contribution in [0.4, 0.5) is 0 Å². The molecule has 2 aromatic rings. The summed E-state index contributed by atoms with van der Waals surface area (Å²) in [5.74, 6) is -0.910. The summed E-state index contributed by atoms with van der Waals surface area (Å²) in [4.78, 5) is 49.3. The van der Waals surface area contributed by atoms with E-state index in [4.69, 9.17) is 29.2 Å². The lowest BCUT2D eigenvalue weighted by molar-refractivity contribution is -0.0199. The largest absolute Gasteiger partial charge is 0.460 e. The standard InChI is InChI=1S/C35H44O10/c1-35(2,27-11-15-29(16-12-27)44-33(40)25-7-3-23(4-8-25)31(38)42-21-19-36)28-13-17-30(18-14-28)45-34(41)26-9-5-24(6-10-26)32(39)43-22-20-37/h3-10,27-30,36-37H,11-22H2,1-2H3. The van der Waals surface area contributed by atoms with Crippen LogP contribution in [0.5, 0.6) is 0 Å². The summed E-state index contributed by atoms with van der Waals surface area (Å²) in [7, 11) is 0. The molecule has 0 spiro atoms. The molecular formula is C35H44O10. The normalized spacial score (nSPS) is 21.8. The molecule has 10 nitrogen and oxygen atoms in total. The molecule has 2 saturated carbocycles. The van der Waals surface area contributed by atoms with E-state index in [-0.39, 0.29) is 44.1 Å². The maximum atomic E-state index is 12.7. The molecule has 45 heavy (non-hydrogen) atoms. The third-order valence-electron chi connectivity index (χ3n) is 9.36. The molecule has 4 rings (SSSR count). The molecule has 0 amide bonds. The Morgan fingerprint density at radius 3 is 1.13 bits per heavy atom. The topological polar surface area (TPSA) is 146 Å². The summed E-state index contributed by atoms with van der Waals surface area (Å²) < 4.78 is 21.4. The van der Waals surface area contributed by atoms with Gasteiger partial charge in [-0.25, -0.2) is 19.2 Å². The van der Waals surface area contributed by atoms with Crippen LogP contribution in [0.3, 0.4) is 0 Å². The Kier molecular flexibility index (Phi) is 12.1. The lowest BCUT2D eigenvalue weighted by Gasteiger charge is -2.46. The van der Waals surface area contributed by atoms with Crippen molar-refractivity contribution in [3.63, 3.8) is 0 Å². The van der Waals surface area contributed by atoms with Crippen LogP contribution in [0, 0.1) is 17.3 Å². The summed E-state index contributed by atoms with van der Waals surface area (Å²) in [6.07, 6.45) is 6.80. The van der Waals surface area contributed by atoms with Crippen LogP contribution < -0.4 is 0 Å². The number of carbonyl (C=O) groups is 4. The molecule has 0 unspecified atom stereocenters. The molecule has 0 heterocycles. The molecule has 2 aliphatic carbocycles. The Morgan fingerprint density at radius 2 is 0.844 bits per heavy atom. The minimum atomic E-state index is -0.553. The monoisotopic (exact) mass is 624 g/mol. The zero-order chi connectivity index (χ0) is 32.4. The van der Waals surface area contributed by atoms with Gasteiger partial charge in [0.2, 0.25) is 0 Å². The Bertz CT molecular complexity index is 1190. The third kappa shape index (κ3) is 9.14. The summed E-state index contributed by atoms with van der Waals surface area (Å²) >= 11 is 0. The van der Waals surface area contributed by atoms with Crippen molar-refractivity contribution in [2.75, 3.05) is 26.4 Å². The van der Waals surface area contributed by atoms with E-state index in [1.165, 1.54) is 24.3 Å². The quantitative estimate of drug-likeness (QED) is 0.240. The number of carbonyl (C=O) groups excluding carboxylic acids is 4. The zero-order valence-corrected chi connectivity index (χ0v) is 26.1. The molecular weight excluding hydrogens is 580 g/mol. The highest BCUT2D eigenvalue weighted by Gasteiger charge is 2.41. The molecule has 0 bridgehead atoms. The highest BCUT2D eigenvalue weighted by Crippen LogP contribution is 2.49. The molecule has 244 valence electrons. The second-order valence-electron chi connectivity index (χ2n) is 12.5. The number of hydrogen-bond donors (Lipinski definition) is 2. The fourth-order valence-corrected chi connectivity index (χ4v) is 6.55. The van der Waals surface area contributed by atoms with Crippen molar-refractivity contribution < 1.29 is 48.3 Å². The van der Waals surface area contributed by atoms with Crippen molar-refractivity contribution in [2.24, 2.45) is 17.3 Å². The third-order valence-corrected chi connectivity index (χ3v) is 9.36. The highest BCUT2D eigenvalue weighted by atomic mass is 16.6. The van der Waals surface area contributed by atoms with Gasteiger partial charge in [0.05, 0.1) is 35.5 Å². The summed E-state index contributed by atoms with van der Waals surface area (Å²) in [6, 6.07) is 12.3. The summed E-state index contributed by atoms with van der Waals surface area (Å²) in [5.41, 5.74) is 1.47. The molecule has 0 saturated heterocycles. The average Bonchev–Trinajstić information content (AvgIpc) is 3.06. The number of rotatable bonds is 12. The fraction of sp³-hybridized carbons (Fsp3) is 0.543. The minimum absolute atomic E-state index is 0.0781. The van der Waals surface area contributed by atoms with Gasteiger partial charge in [-0.3, -0.25) is 0 Å². The smallest absolute Gasteiger partial charge is 0.338 e. The first kappa shape index (κ1) is 34.1. The van der Waals surface area contributed by atoms with E-state index in [2.05, 4.69) is 13.8 Å². The van der Waals surface area contributed by atoms with E-state index in [0.29, 0.717) is 34.1 Å². The fourth-order valence-electron chi connectivity index (χ4n) is 6.55. The van der Waals surface area contributed by atoms with Gasteiger partial charge in [0.1, 0.15) is 25.4 Å². The van der Waals surface area contributed by atoms with Gasteiger partial charge in [0, 0.05) is 0 Å². The van der Waals surface area contributed by atoms with E-state index in [1.807, 2.05) is 0 Å². The average molecular weight is 625 g/mol. The van der Waals surface area contributed by atoms with Gasteiger partial charge in [-0.05, 0) is 117 Å². The number of aliphatic hydroxyl groups is 2. The van der Waals surface area contributed by atoms with Crippen molar-refractivity contribution in [1.29, 1.82) is 0 Å². The predicted molar refractivity (Wildman–Crippen MR) is 164 cm³/mol. The minimum Gasteiger partial charge on any atom is -0.460 e. The number of benzene rings is 2. The van der Waals surface area contributed by atoms with Gasteiger partial charge in [0.25, 0.3) is 0 Å². The van der Waals surface area contributed by atoms with Crippen molar-refractivity contribution >= 4 is 23.9 Å². The highest BCUT2D eigenvalue weighted by molar-refractivity contribution is 5.94. The molecule has 0 radical (unpaired) electrons. The predicted octanol–water partition coefficient (Wildman–Crippen LogP) is 5.14. The van der Waals surface area contributed by atoms with Gasteiger partial charge in [0.15, 0.2) is 0 Å². The number of ether oxygens (including phenoxy) is 4. The Morgan fingerprint density at radius 1 is 0.556 bits per heavy atom. The first-order valence-electron chi connectivity index (χ1n) is 15.8. The van der Waals surface area contributed by atoms with Crippen LogP contribution in [0.2, 0.25) is 0 Å². The van der Waals surface area contributed by atoms with Crippen molar-refractivity contribution in [1.82, 2.24) is 0 Å². The molecule has 2 aromatic carbocycles. The van der Waals surface area contributed by atoms with E-state index in [0.717, 1.165) is 51.4 Å². The Hall–Kier alpha value is -3.76. The SMILES string of the molecule is CC(C)(C1CCC(OC(=O)c2ccc(C(=O)OCCO)cc2)CC1)C1CCC(OC(=O)c2ccc(C(=O)OCCO)cc2)CC1. The second-order valence-corrected chi connectivity index (χ2v) is 12.5. The van der Waals surface area contributed by atoms with Gasteiger partial charge < -0.3 is 29.2 Å². The van der Waals surface area contributed by atoms with Crippen molar-refractivity contribution in [2.45, 2.75) is 77.4 Å². The van der Waals surface area contributed by atoms with Crippen molar-refractivity contribution in [3.8, 4) is 0 Å². The first-order valence-corrected chi connectivity index (χ1v) is 15.8. The number of aliphatic hydroxyl groups excluding tert-OH is 2. The Labute approximate surface area is 264 Å². The van der Waals surface area contributed by atoms with Gasteiger partial charge in [-0.15, -0.1) is 0 Å². The van der Waals surface area contributed by atoms with Crippen molar-refractivity contribution in [3.05, 3.63) is 70.8 Å². The lowest BCUT2D eigenvalue weighted by atomic mass is 9.60. The molecule has 10 heteroatoms. The number of esters is 4. The van der Waals surface area contributed by atoms with Crippen LogP contribution in [0.1, 0.15) is 107 Å². The van der Waals surface area contributed by atoms with Crippen LogP contribution in [-0.2, 0) is 18.9 Å². The number of hydrogen-bond acceptors (Lipinski definition) is 10. The zero-order valence-electron chi connectivity index (χ0n) is 26.1. The summed E-state index contributed by atoms with van der Waals surface area (Å²) in [5, 5.41) is 17.6. The van der Waals surface area contributed by atoms with Gasteiger partial charge >= 0.3 is 23.9 Å². The second kappa shape index (κ2) is 16.0. The van der Waals surface area contributed by atoms with Crippen LogP contribution in [0.25, 0.3) is 0 Å². The molecule has 2 aliphatic rings. The molecule has 0 aliphatic heterocycles.